The van der Waals surface area contributed by atoms with Gasteiger partial charge in [-0.2, -0.15) is 0 Å². The molecule has 1 aromatic heterocycles. The Morgan fingerprint density at radius 3 is 2.18 bits per heavy atom. The van der Waals surface area contributed by atoms with Crippen LogP contribution < -0.4 is 0 Å². The third kappa shape index (κ3) is 11.1. The Hall–Kier alpha value is -1.89. The average molecular weight is 397 g/mol. The van der Waals surface area contributed by atoms with Crippen LogP contribution in [-0.4, -0.2) is 38.3 Å². The predicted octanol–water partition coefficient (Wildman–Crippen LogP) is 4.81. The number of rotatable bonds is 18. The quantitative estimate of drug-likeness (QED) is 0.345. The minimum absolute atomic E-state index is 0.0294. The number of hydrogen-bond donors (Lipinski definition) is 2. The molecule has 0 aliphatic heterocycles. The van der Waals surface area contributed by atoms with Crippen LogP contribution in [0.4, 0.5) is 0 Å². The van der Waals surface area contributed by atoms with Gasteiger partial charge in [0, 0.05) is 18.9 Å². The summed E-state index contributed by atoms with van der Waals surface area (Å²) in [5.41, 5.74) is 0. The molecule has 0 bridgehead atoms. The van der Waals surface area contributed by atoms with Crippen LogP contribution in [0.3, 0.4) is 0 Å². The molecule has 7 nitrogen and oxygen atoms in total. The zero-order chi connectivity index (χ0) is 20.6. The van der Waals surface area contributed by atoms with Crippen LogP contribution in [0.25, 0.3) is 0 Å². The number of ether oxygens (including phenoxy) is 1. The van der Waals surface area contributed by atoms with Crippen molar-refractivity contribution in [3.8, 4) is 0 Å². The summed E-state index contributed by atoms with van der Waals surface area (Å²) in [6.45, 7) is 2.97. The summed E-state index contributed by atoms with van der Waals surface area (Å²) in [4.78, 5) is 26.0. The number of carboxylic acids is 2. The van der Waals surface area contributed by atoms with Crippen LogP contribution in [0.5, 0.6) is 0 Å². The number of aryl methyl sites for hydroxylation is 1. The van der Waals surface area contributed by atoms with Gasteiger partial charge in [0.15, 0.2) is 0 Å². The second-order valence-electron chi connectivity index (χ2n) is 7.26. The lowest BCUT2D eigenvalue weighted by Crippen LogP contribution is -2.17. The number of imidazole rings is 1. The second-order valence-corrected chi connectivity index (χ2v) is 7.26. The molecule has 0 amide bonds. The van der Waals surface area contributed by atoms with Crippen LogP contribution in [0.1, 0.15) is 95.9 Å². The summed E-state index contributed by atoms with van der Waals surface area (Å²) >= 11 is 0. The molecular formula is C21H36N2O5. The van der Waals surface area contributed by atoms with Gasteiger partial charge in [0.25, 0.3) is 0 Å². The Kier molecular flexibility index (Phi) is 13.0. The maximum Gasteiger partial charge on any atom is 0.306 e. The molecule has 0 fully saturated rings. The topological polar surface area (TPSA) is 102 Å². The van der Waals surface area contributed by atoms with Crippen molar-refractivity contribution in [3.63, 3.8) is 0 Å². The van der Waals surface area contributed by atoms with E-state index in [1.807, 2.05) is 10.8 Å². The molecular weight excluding hydrogens is 360 g/mol. The highest BCUT2D eigenvalue weighted by Crippen LogP contribution is 2.21. The van der Waals surface area contributed by atoms with Gasteiger partial charge < -0.3 is 19.5 Å². The predicted molar refractivity (Wildman–Crippen MR) is 107 cm³/mol. The van der Waals surface area contributed by atoms with Crippen LogP contribution in [0.2, 0.25) is 0 Å². The molecule has 1 heterocycles. The molecule has 28 heavy (non-hydrogen) atoms. The van der Waals surface area contributed by atoms with Crippen molar-refractivity contribution in [1.82, 2.24) is 9.55 Å². The summed E-state index contributed by atoms with van der Waals surface area (Å²) in [5.74, 6) is -1.40. The fourth-order valence-corrected chi connectivity index (χ4v) is 3.24. The van der Waals surface area contributed by atoms with Crippen molar-refractivity contribution in [1.29, 1.82) is 0 Å². The molecule has 0 aliphatic rings. The van der Waals surface area contributed by atoms with Gasteiger partial charge in [-0.15, -0.1) is 0 Å². The number of carboxylic acid groups (broad SMARTS) is 2. The first-order valence-corrected chi connectivity index (χ1v) is 10.6. The molecule has 1 rings (SSSR count). The zero-order valence-corrected chi connectivity index (χ0v) is 17.1. The van der Waals surface area contributed by atoms with E-state index in [2.05, 4.69) is 11.9 Å². The average Bonchev–Trinajstić information content (AvgIpc) is 3.10. The number of aromatic nitrogens is 2. The van der Waals surface area contributed by atoms with Gasteiger partial charge in [-0.25, -0.2) is 4.98 Å². The molecule has 1 atom stereocenters. The van der Waals surface area contributed by atoms with Crippen LogP contribution in [-0.2, 0) is 20.9 Å². The van der Waals surface area contributed by atoms with E-state index in [-0.39, 0.29) is 19.4 Å². The van der Waals surface area contributed by atoms with Crippen molar-refractivity contribution >= 4 is 11.9 Å². The van der Waals surface area contributed by atoms with E-state index in [9.17, 15) is 9.59 Å². The van der Waals surface area contributed by atoms with Crippen LogP contribution in [0.15, 0.2) is 12.4 Å². The molecule has 160 valence electrons. The van der Waals surface area contributed by atoms with Gasteiger partial charge in [0.2, 0.25) is 0 Å². The van der Waals surface area contributed by atoms with Crippen molar-refractivity contribution in [3.05, 3.63) is 18.2 Å². The Morgan fingerprint density at radius 1 is 1.00 bits per heavy atom. The number of nitrogens with zero attached hydrogens (tertiary/aromatic N) is 2. The first-order valence-electron chi connectivity index (χ1n) is 10.6. The second kappa shape index (κ2) is 15.1. The Balaban J connectivity index is 2.33. The maximum absolute atomic E-state index is 11.1. The molecule has 2 N–H and O–H groups in total. The molecule has 0 spiro atoms. The Labute approximate surface area is 168 Å². The Morgan fingerprint density at radius 2 is 1.61 bits per heavy atom. The standard InChI is InChI=1S/C21H36N2O5/c1-2-3-4-5-6-7-8-9-10-11-14-23-15-13-22-21(23)18(17-20(26)27)28-16-12-19(24)25/h13,15,18H,2-12,14,16-17H2,1H3,(H,24,25)(H,26,27). The largest absolute Gasteiger partial charge is 0.481 e. The van der Waals surface area contributed by atoms with Gasteiger partial charge in [-0.05, 0) is 6.42 Å². The minimum Gasteiger partial charge on any atom is -0.481 e. The lowest BCUT2D eigenvalue weighted by atomic mass is 10.1. The highest BCUT2D eigenvalue weighted by molar-refractivity contribution is 5.67. The number of unbranched alkanes of at least 4 members (excludes halogenated alkanes) is 9. The van der Waals surface area contributed by atoms with Gasteiger partial charge in [0.1, 0.15) is 11.9 Å². The van der Waals surface area contributed by atoms with Gasteiger partial charge in [-0.1, -0.05) is 64.7 Å². The summed E-state index contributed by atoms with van der Waals surface area (Å²) in [6, 6.07) is 0. The summed E-state index contributed by atoms with van der Waals surface area (Å²) < 4.78 is 7.43. The van der Waals surface area contributed by atoms with Gasteiger partial charge >= 0.3 is 11.9 Å². The summed E-state index contributed by atoms with van der Waals surface area (Å²) in [5, 5.41) is 17.8. The number of hydrogen-bond acceptors (Lipinski definition) is 4. The van der Waals surface area contributed by atoms with E-state index in [4.69, 9.17) is 14.9 Å². The third-order valence-electron chi connectivity index (χ3n) is 4.78. The molecule has 7 heteroatoms. The zero-order valence-electron chi connectivity index (χ0n) is 17.1. The first-order chi connectivity index (χ1) is 13.5. The van der Waals surface area contributed by atoms with Crippen molar-refractivity contribution < 1.29 is 24.5 Å². The smallest absolute Gasteiger partial charge is 0.306 e. The number of aliphatic carboxylic acids is 2. The minimum atomic E-state index is -0.992. The Bertz CT molecular complexity index is 559. The molecule has 0 aliphatic carbocycles. The van der Waals surface area contributed by atoms with E-state index in [0.29, 0.717) is 5.82 Å². The molecule has 1 aromatic rings. The van der Waals surface area contributed by atoms with E-state index in [1.54, 1.807) is 6.20 Å². The fourth-order valence-electron chi connectivity index (χ4n) is 3.24. The SMILES string of the molecule is CCCCCCCCCCCCn1ccnc1C(CC(=O)O)OCCC(=O)O. The van der Waals surface area contributed by atoms with E-state index >= 15 is 0 Å². The molecule has 0 radical (unpaired) electrons. The maximum atomic E-state index is 11.1. The summed E-state index contributed by atoms with van der Waals surface area (Å²) in [6.07, 6.45) is 14.9. The van der Waals surface area contributed by atoms with Crippen molar-refractivity contribution in [2.24, 2.45) is 0 Å². The van der Waals surface area contributed by atoms with Crippen LogP contribution in [0, 0.1) is 0 Å². The molecule has 0 aromatic carbocycles. The monoisotopic (exact) mass is 396 g/mol. The highest BCUT2D eigenvalue weighted by atomic mass is 16.5. The van der Waals surface area contributed by atoms with Crippen LogP contribution >= 0.6 is 0 Å². The molecule has 0 saturated carbocycles. The van der Waals surface area contributed by atoms with E-state index in [1.165, 1.54) is 51.4 Å². The molecule has 1 unspecified atom stereocenters. The van der Waals surface area contributed by atoms with Gasteiger partial charge in [-0.3, -0.25) is 9.59 Å². The third-order valence-corrected chi connectivity index (χ3v) is 4.78. The molecule has 0 saturated heterocycles. The first kappa shape index (κ1) is 24.1. The number of carbonyl (C=O) groups is 2. The van der Waals surface area contributed by atoms with Gasteiger partial charge in [0.05, 0.1) is 19.4 Å². The van der Waals surface area contributed by atoms with E-state index < -0.39 is 18.0 Å². The van der Waals surface area contributed by atoms with E-state index in [0.717, 1.165) is 19.4 Å². The normalized spacial score (nSPS) is 12.2. The lowest BCUT2D eigenvalue weighted by Gasteiger charge is -2.17. The fraction of sp³-hybridized carbons (Fsp3) is 0.762. The highest BCUT2D eigenvalue weighted by Gasteiger charge is 2.21. The summed E-state index contributed by atoms with van der Waals surface area (Å²) in [7, 11) is 0. The lowest BCUT2D eigenvalue weighted by molar-refractivity contribution is -0.141. The van der Waals surface area contributed by atoms with Crippen molar-refractivity contribution in [2.45, 2.75) is 96.6 Å². The van der Waals surface area contributed by atoms with Crippen molar-refractivity contribution in [2.75, 3.05) is 6.61 Å².